The third-order valence-corrected chi connectivity index (χ3v) is 12.8. The maximum atomic E-state index is 13.4. The predicted octanol–water partition coefficient (Wildman–Crippen LogP) is 5.20. The monoisotopic (exact) mass is 640 g/mol. The Balaban J connectivity index is 1.45. The molecule has 2 aromatic rings. The molecule has 2 aliphatic heterocycles. The Hall–Kier alpha value is -2.88. The van der Waals surface area contributed by atoms with Crippen LogP contribution < -0.4 is 14.4 Å². The van der Waals surface area contributed by atoms with Gasteiger partial charge in [0.2, 0.25) is 10.0 Å². The van der Waals surface area contributed by atoms with Crippen molar-refractivity contribution in [2.75, 3.05) is 24.6 Å². The SMILES string of the molecule is C[C@@H]1[C@@H](C)C/C=C/[C@@](O)(CC=O)[C@@H]2CC[C@H]2CN2C[C@@]3(CCCc4cc(Cl)ccc43)COc3ccc(cc32)C(=O)NS1(=O)=O. The molecular weight excluding hydrogens is 600 g/mol. The second-order valence-electron chi connectivity index (χ2n) is 13.4. The van der Waals surface area contributed by atoms with Crippen molar-refractivity contribution in [3.05, 3.63) is 70.3 Å². The highest BCUT2D eigenvalue weighted by Crippen LogP contribution is 2.48. The molecule has 44 heavy (non-hydrogen) atoms. The average Bonchev–Trinajstić information content (AvgIpc) is 3.11. The first-order valence-electron chi connectivity index (χ1n) is 15.6. The molecule has 2 bridgehead atoms. The number of amides is 1. The number of hydrogen-bond acceptors (Lipinski definition) is 7. The number of anilines is 1. The van der Waals surface area contributed by atoms with Crippen molar-refractivity contribution in [3.8, 4) is 5.75 Å². The lowest BCUT2D eigenvalue weighted by molar-refractivity contribution is -0.115. The van der Waals surface area contributed by atoms with E-state index >= 15 is 0 Å². The number of halogens is 1. The standard InChI is InChI=1S/C34H41ClN2O6S/c1-22-5-3-14-34(40,15-16-38)29-10-7-26(29)19-37-20-33(13-4-6-24-17-27(35)9-11-28(24)33)21-43-31-12-8-25(18-30(31)37)32(39)36-44(41,42)23(22)2/h3,8-9,11-12,14,16-18,22-23,26,29,40H,4-7,10,13,15,19-21H2,1-2H3,(H,36,39)/b14-3+/t22-,23+,26-,29+,33-,34+/m0/s1. The molecule has 6 atom stereocenters. The molecule has 2 N–H and O–H groups in total. The molecular formula is C34H41ClN2O6S. The Morgan fingerprint density at radius 1 is 1.18 bits per heavy atom. The number of fused-ring (bicyclic) bond motifs is 4. The summed E-state index contributed by atoms with van der Waals surface area (Å²) in [5, 5.41) is 11.7. The van der Waals surface area contributed by atoms with E-state index in [2.05, 4.69) is 15.7 Å². The van der Waals surface area contributed by atoms with Gasteiger partial charge in [0, 0.05) is 35.5 Å². The Kier molecular flexibility index (Phi) is 8.35. The number of benzene rings is 2. The van der Waals surface area contributed by atoms with Crippen LogP contribution in [0.3, 0.4) is 0 Å². The first-order chi connectivity index (χ1) is 20.9. The Morgan fingerprint density at radius 3 is 2.75 bits per heavy atom. The fourth-order valence-corrected chi connectivity index (χ4v) is 9.21. The number of hydrogen-bond donors (Lipinski definition) is 2. The lowest BCUT2D eigenvalue weighted by Crippen LogP contribution is -2.52. The summed E-state index contributed by atoms with van der Waals surface area (Å²) in [7, 11) is -3.99. The molecule has 1 spiro atoms. The van der Waals surface area contributed by atoms with E-state index in [0.29, 0.717) is 36.9 Å². The predicted molar refractivity (Wildman–Crippen MR) is 171 cm³/mol. The minimum atomic E-state index is -3.99. The topological polar surface area (TPSA) is 113 Å². The summed E-state index contributed by atoms with van der Waals surface area (Å²) >= 11 is 6.39. The fourth-order valence-electron chi connectivity index (χ4n) is 7.73. The summed E-state index contributed by atoms with van der Waals surface area (Å²) in [6, 6.07) is 11.2. The summed E-state index contributed by atoms with van der Waals surface area (Å²) in [6.07, 6.45) is 9.15. The van der Waals surface area contributed by atoms with Crippen molar-refractivity contribution < 1.29 is 27.9 Å². The number of aryl methyl sites for hydroxylation is 1. The van der Waals surface area contributed by atoms with Crippen LogP contribution in [0.5, 0.6) is 5.75 Å². The first kappa shape index (κ1) is 31.1. The largest absolute Gasteiger partial charge is 0.490 e. The van der Waals surface area contributed by atoms with Crippen LogP contribution in [0.25, 0.3) is 0 Å². The number of rotatable bonds is 2. The number of ether oxygens (including phenoxy) is 1. The average molecular weight is 641 g/mol. The number of sulfonamides is 1. The number of aliphatic hydroxyl groups is 1. The zero-order valence-electron chi connectivity index (χ0n) is 25.3. The van der Waals surface area contributed by atoms with Gasteiger partial charge in [-0.25, -0.2) is 13.1 Å². The van der Waals surface area contributed by atoms with E-state index in [9.17, 15) is 23.1 Å². The van der Waals surface area contributed by atoms with Crippen molar-refractivity contribution in [3.63, 3.8) is 0 Å². The molecule has 1 amide bonds. The van der Waals surface area contributed by atoms with Crippen LogP contribution in [0, 0.1) is 17.8 Å². The van der Waals surface area contributed by atoms with E-state index in [4.69, 9.17) is 16.3 Å². The van der Waals surface area contributed by atoms with Gasteiger partial charge in [0.1, 0.15) is 12.0 Å². The summed E-state index contributed by atoms with van der Waals surface area (Å²) in [5.41, 5.74) is 1.74. The van der Waals surface area contributed by atoms with Gasteiger partial charge in [-0.2, -0.15) is 0 Å². The Morgan fingerprint density at radius 2 is 2.00 bits per heavy atom. The van der Waals surface area contributed by atoms with Gasteiger partial charge in [-0.05, 0) is 105 Å². The number of carbonyl (C=O) groups is 2. The summed E-state index contributed by atoms with van der Waals surface area (Å²) in [5.74, 6) is -0.413. The zero-order chi connectivity index (χ0) is 31.3. The van der Waals surface area contributed by atoms with Crippen molar-refractivity contribution in [1.29, 1.82) is 0 Å². The molecule has 8 nitrogen and oxygen atoms in total. The first-order valence-corrected chi connectivity index (χ1v) is 17.6. The van der Waals surface area contributed by atoms with Gasteiger partial charge in [-0.3, -0.25) is 4.79 Å². The van der Waals surface area contributed by atoms with Crippen LogP contribution in [0.1, 0.15) is 73.9 Å². The molecule has 0 saturated heterocycles. The summed E-state index contributed by atoms with van der Waals surface area (Å²) in [6.45, 7) is 5.05. The number of carbonyl (C=O) groups excluding carboxylic acids is 2. The number of aldehydes is 1. The van der Waals surface area contributed by atoms with Crippen LogP contribution >= 0.6 is 11.6 Å². The second kappa shape index (κ2) is 11.8. The number of nitrogens with zero attached hydrogens (tertiary/aromatic N) is 1. The number of allylic oxidation sites excluding steroid dienone is 1. The molecule has 1 fully saturated rings. The van der Waals surface area contributed by atoms with Crippen molar-refractivity contribution in [2.24, 2.45) is 17.8 Å². The summed E-state index contributed by atoms with van der Waals surface area (Å²) in [4.78, 5) is 27.4. The Labute approximate surface area is 264 Å². The van der Waals surface area contributed by atoms with Crippen molar-refractivity contribution in [1.82, 2.24) is 4.72 Å². The van der Waals surface area contributed by atoms with Crippen molar-refractivity contribution in [2.45, 2.75) is 75.1 Å². The van der Waals surface area contributed by atoms with E-state index < -0.39 is 26.8 Å². The smallest absolute Gasteiger partial charge is 0.264 e. The van der Waals surface area contributed by atoms with Gasteiger partial charge in [0.05, 0.1) is 23.1 Å². The molecule has 0 radical (unpaired) electrons. The molecule has 2 heterocycles. The molecule has 0 aromatic heterocycles. The number of nitrogens with one attached hydrogen (secondary N) is 1. The quantitative estimate of drug-likeness (QED) is 0.343. The summed E-state index contributed by atoms with van der Waals surface area (Å²) < 4.78 is 35.3. The van der Waals surface area contributed by atoms with Gasteiger partial charge < -0.3 is 19.5 Å². The third-order valence-electron chi connectivity index (χ3n) is 10.7. The molecule has 4 aliphatic rings. The van der Waals surface area contributed by atoms with Gasteiger partial charge >= 0.3 is 0 Å². The third kappa shape index (κ3) is 5.67. The minimum Gasteiger partial charge on any atom is -0.490 e. The van der Waals surface area contributed by atoms with Crippen LogP contribution in [-0.4, -0.2) is 56.3 Å². The van der Waals surface area contributed by atoms with E-state index in [-0.39, 0.29) is 35.2 Å². The van der Waals surface area contributed by atoms with Crippen molar-refractivity contribution >= 4 is 39.5 Å². The lowest BCUT2D eigenvalue weighted by Gasteiger charge is -2.49. The molecule has 2 aromatic carbocycles. The second-order valence-corrected chi connectivity index (χ2v) is 15.9. The van der Waals surface area contributed by atoms with Crippen LogP contribution in [-0.2, 0) is 26.7 Å². The molecule has 0 unspecified atom stereocenters. The van der Waals surface area contributed by atoms with E-state index in [1.165, 1.54) is 11.1 Å². The maximum Gasteiger partial charge on any atom is 0.264 e. The maximum absolute atomic E-state index is 13.4. The highest BCUT2D eigenvalue weighted by atomic mass is 35.5. The van der Waals surface area contributed by atoms with Gasteiger partial charge in [0.25, 0.3) is 5.91 Å². The molecule has 236 valence electrons. The fraction of sp³-hybridized carbons (Fsp3) is 0.529. The zero-order valence-corrected chi connectivity index (χ0v) is 26.9. The van der Waals surface area contributed by atoms with Crippen LogP contribution in [0.15, 0.2) is 48.6 Å². The molecule has 10 heteroatoms. The Bertz CT molecular complexity index is 1590. The van der Waals surface area contributed by atoms with E-state index in [1.54, 1.807) is 44.2 Å². The van der Waals surface area contributed by atoms with Crippen LogP contribution in [0.2, 0.25) is 5.02 Å². The van der Waals surface area contributed by atoms with Gasteiger partial charge in [-0.1, -0.05) is 36.7 Å². The normalized spacial score (nSPS) is 33.9. The highest BCUT2D eigenvalue weighted by molar-refractivity contribution is 7.90. The van der Waals surface area contributed by atoms with Gasteiger partial charge in [-0.15, -0.1) is 0 Å². The highest BCUT2D eigenvalue weighted by Gasteiger charge is 2.48. The van der Waals surface area contributed by atoms with Crippen LogP contribution in [0.4, 0.5) is 5.69 Å². The molecule has 1 saturated carbocycles. The lowest BCUT2D eigenvalue weighted by atomic mass is 9.63. The molecule has 2 aliphatic carbocycles. The minimum absolute atomic E-state index is 0.0229. The van der Waals surface area contributed by atoms with E-state index in [0.717, 1.165) is 44.1 Å². The molecule has 6 rings (SSSR count). The van der Waals surface area contributed by atoms with E-state index in [1.807, 2.05) is 12.1 Å². The van der Waals surface area contributed by atoms with Gasteiger partial charge in [0.15, 0.2) is 0 Å².